The molecule has 0 heterocycles. The Kier molecular flexibility index (Phi) is 4.49. The van der Waals surface area contributed by atoms with Gasteiger partial charge in [-0.3, -0.25) is 10.1 Å². The number of nitrogens with one attached hydrogen (secondary N) is 1. The Morgan fingerprint density at radius 3 is 2.80 bits per heavy atom. The van der Waals surface area contributed by atoms with Crippen LogP contribution in [0.4, 0.5) is 11.4 Å². The summed E-state index contributed by atoms with van der Waals surface area (Å²) in [6, 6.07) is 4.45. The molecule has 0 spiro atoms. The van der Waals surface area contributed by atoms with E-state index in [1.165, 1.54) is 12.1 Å². The molecule has 7 heteroatoms. The van der Waals surface area contributed by atoms with E-state index in [2.05, 4.69) is 11.6 Å². The lowest BCUT2D eigenvalue weighted by molar-refractivity contribution is -0.385. The Morgan fingerprint density at radius 2 is 2.25 bits per heavy atom. The van der Waals surface area contributed by atoms with Crippen molar-refractivity contribution in [3.05, 3.63) is 33.9 Å². The summed E-state index contributed by atoms with van der Waals surface area (Å²) in [5.74, 6) is -1.28. The third-order valence-corrected chi connectivity index (χ3v) is 4.61. The summed E-state index contributed by atoms with van der Waals surface area (Å²) in [5.41, 5.74) is -0.0318. The van der Waals surface area contributed by atoms with E-state index in [1.54, 1.807) is 6.07 Å². The third kappa shape index (κ3) is 3.22. The summed E-state index contributed by atoms with van der Waals surface area (Å²) in [5, 5.41) is 23.7. The number of nitro benzene ring substituents is 1. The molecule has 6 nitrogen and oxygen atoms in total. The zero-order chi connectivity index (χ0) is 14.7. The van der Waals surface area contributed by atoms with Gasteiger partial charge in [0.15, 0.2) is 0 Å². The largest absolute Gasteiger partial charge is 0.477 e. The summed E-state index contributed by atoms with van der Waals surface area (Å²) >= 11 is 1.84. The van der Waals surface area contributed by atoms with Crippen LogP contribution >= 0.6 is 11.8 Å². The lowest BCUT2D eigenvalue weighted by Gasteiger charge is -2.14. The highest BCUT2D eigenvalue weighted by Gasteiger charge is 2.25. The van der Waals surface area contributed by atoms with Crippen LogP contribution in [-0.4, -0.2) is 33.5 Å². The minimum absolute atomic E-state index is 0.278. The molecule has 2 N–H and O–H groups in total. The highest BCUT2D eigenvalue weighted by Crippen LogP contribution is 2.31. The van der Waals surface area contributed by atoms with E-state index in [0.29, 0.717) is 17.0 Å². The second kappa shape index (κ2) is 6.13. The molecular formula is C13H16N2O4S. The van der Waals surface area contributed by atoms with Gasteiger partial charge < -0.3 is 10.4 Å². The van der Waals surface area contributed by atoms with Gasteiger partial charge in [-0.1, -0.05) is 0 Å². The zero-order valence-electron chi connectivity index (χ0n) is 11.0. The van der Waals surface area contributed by atoms with E-state index in [4.69, 9.17) is 5.11 Å². The Bertz CT molecular complexity index is 535. The maximum Gasteiger partial charge on any atom is 0.342 e. The number of anilines is 1. The molecule has 1 saturated carbocycles. The first kappa shape index (κ1) is 14.6. The maximum atomic E-state index is 11.1. The van der Waals surface area contributed by atoms with Gasteiger partial charge in [-0.05, 0) is 37.7 Å². The fourth-order valence-corrected chi connectivity index (χ4v) is 3.27. The number of carboxylic acids is 1. The number of hydrogen-bond donors (Lipinski definition) is 2. The minimum atomic E-state index is -1.28. The topological polar surface area (TPSA) is 92.5 Å². The van der Waals surface area contributed by atoms with Crippen LogP contribution in [0.25, 0.3) is 0 Å². The van der Waals surface area contributed by atoms with E-state index in [-0.39, 0.29) is 11.3 Å². The van der Waals surface area contributed by atoms with Gasteiger partial charge in [0.1, 0.15) is 5.56 Å². The fraction of sp³-hybridized carbons (Fsp3) is 0.462. The molecule has 0 radical (unpaired) electrons. The lowest BCUT2D eigenvalue weighted by atomic mass is 10.1. The van der Waals surface area contributed by atoms with E-state index in [9.17, 15) is 14.9 Å². The molecule has 0 saturated heterocycles. The van der Waals surface area contributed by atoms with Gasteiger partial charge in [-0.2, -0.15) is 11.8 Å². The molecule has 0 aliphatic heterocycles. The van der Waals surface area contributed by atoms with Crippen molar-refractivity contribution in [3.8, 4) is 0 Å². The quantitative estimate of drug-likeness (QED) is 0.641. The van der Waals surface area contributed by atoms with E-state index < -0.39 is 10.9 Å². The number of rotatable bonds is 5. The zero-order valence-corrected chi connectivity index (χ0v) is 11.9. The lowest BCUT2D eigenvalue weighted by Crippen LogP contribution is -2.16. The number of thioether (sulfide) groups is 1. The van der Waals surface area contributed by atoms with Crippen molar-refractivity contribution >= 4 is 29.1 Å². The molecule has 20 heavy (non-hydrogen) atoms. The summed E-state index contributed by atoms with van der Waals surface area (Å²) < 4.78 is 0. The normalized spacial score (nSPS) is 21.6. The van der Waals surface area contributed by atoms with Gasteiger partial charge in [0.25, 0.3) is 5.69 Å². The maximum absolute atomic E-state index is 11.1. The van der Waals surface area contributed by atoms with E-state index >= 15 is 0 Å². The summed E-state index contributed by atoms with van der Waals surface area (Å²) in [6.45, 7) is 0. The Labute approximate surface area is 120 Å². The second-order valence-corrected chi connectivity index (χ2v) is 5.94. The average Bonchev–Trinajstić information content (AvgIpc) is 2.86. The molecule has 2 unspecified atom stereocenters. The summed E-state index contributed by atoms with van der Waals surface area (Å²) in [6.07, 6.45) is 5.28. The average molecular weight is 296 g/mol. The fourth-order valence-electron chi connectivity index (χ4n) is 2.48. The number of carboxylic acid groups (broad SMARTS) is 1. The smallest absolute Gasteiger partial charge is 0.342 e. The van der Waals surface area contributed by atoms with Crippen LogP contribution in [0.3, 0.4) is 0 Å². The second-order valence-electron chi connectivity index (χ2n) is 4.81. The first-order valence-corrected chi connectivity index (χ1v) is 7.61. The number of carbonyl (C=O) groups is 1. The van der Waals surface area contributed by atoms with Gasteiger partial charge in [0, 0.05) is 23.0 Å². The minimum Gasteiger partial charge on any atom is -0.477 e. The molecular weight excluding hydrogens is 280 g/mol. The molecule has 1 aliphatic carbocycles. The molecule has 0 bridgehead atoms. The molecule has 1 aromatic carbocycles. The SMILES string of the molecule is CSC1CCC(Nc2ccc([N+](=O)[O-])c(C(=O)O)c2)C1. The molecule has 1 fully saturated rings. The Balaban J connectivity index is 2.15. The molecule has 1 aliphatic rings. The third-order valence-electron chi connectivity index (χ3n) is 3.51. The van der Waals surface area contributed by atoms with E-state index in [1.807, 2.05) is 11.8 Å². The predicted octanol–water partition coefficient (Wildman–Crippen LogP) is 2.99. The first-order chi connectivity index (χ1) is 9.51. The number of hydrogen-bond acceptors (Lipinski definition) is 5. The highest BCUT2D eigenvalue weighted by atomic mass is 32.2. The van der Waals surface area contributed by atoms with Crippen molar-refractivity contribution in [2.24, 2.45) is 0 Å². The number of nitrogens with zero attached hydrogens (tertiary/aromatic N) is 1. The number of benzene rings is 1. The predicted molar refractivity (Wildman–Crippen MR) is 78.6 cm³/mol. The van der Waals surface area contributed by atoms with Crippen LogP contribution in [0.15, 0.2) is 18.2 Å². The molecule has 108 valence electrons. The number of aromatic carboxylic acids is 1. The van der Waals surface area contributed by atoms with Crippen molar-refractivity contribution in [2.45, 2.75) is 30.6 Å². The molecule has 2 atom stereocenters. The van der Waals surface area contributed by atoms with E-state index in [0.717, 1.165) is 19.3 Å². The van der Waals surface area contributed by atoms with Crippen molar-refractivity contribution in [2.75, 3.05) is 11.6 Å². The molecule has 0 amide bonds. The molecule has 2 rings (SSSR count). The van der Waals surface area contributed by atoms with Crippen LogP contribution in [0, 0.1) is 10.1 Å². The van der Waals surface area contributed by atoms with Crippen molar-refractivity contribution in [3.63, 3.8) is 0 Å². The van der Waals surface area contributed by atoms with Gasteiger partial charge in [-0.15, -0.1) is 0 Å². The van der Waals surface area contributed by atoms with Crippen LogP contribution < -0.4 is 5.32 Å². The number of nitro groups is 1. The Morgan fingerprint density at radius 1 is 1.50 bits per heavy atom. The van der Waals surface area contributed by atoms with Crippen LogP contribution in [-0.2, 0) is 0 Å². The van der Waals surface area contributed by atoms with Crippen molar-refractivity contribution in [1.29, 1.82) is 0 Å². The first-order valence-electron chi connectivity index (χ1n) is 6.32. The van der Waals surface area contributed by atoms with Gasteiger partial charge in [0.2, 0.25) is 0 Å². The Hall–Kier alpha value is -1.76. The van der Waals surface area contributed by atoms with Gasteiger partial charge >= 0.3 is 5.97 Å². The molecule has 0 aromatic heterocycles. The summed E-state index contributed by atoms with van der Waals surface area (Å²) in [4.78, 5) is 21.2. The van der Waals surface area contributed by atoms with Crippen LogP contribution in [0.5, 0.6) is 0 Å². The summed E-state index contributed by atoms with van der Waals surface area (Å²) in [7, 11) is 0. The van der Waals surface area contributed by atoms with Gasteiger partial charge in [-0.25, -0.2) is 4.79 Å². The highest BCUT2D eigenvalue weighted by molar-refractivity contribution is 7.99. The van der Waals surface area contributed by atoms with Crippen LogP contribution in [0.1, 0.15) is 29.6 Å². The van der Waals surface area contributed by atoms with Crippen LogP contribution in [0.2, 0.25) is 0 Å². The van der Waals surface area contributed by atoms with Crippen molar-refractivity contribution in [1.82, 2.24) is 0 Å². The monoisotopic (exact) mass is 296 g/mol. The van der Waals surface area contributed by atoms with Crippen molar-refractivity contribution < 1.29 is 14.8 Å². The standard InChI is InChI=1S/C13H16N2O4S/c1-20-10-4-2-8(6-10)14-9-3-5-12(15(18)19)11(7-9)13(16)17/h3,5,7-8,10,14H,2,4,6H2,1H3,(H,16,17). The molecule has 1 aromatic rings. The van der Waals surface area contributed by atoms with Gasteiger partial charge in [0.05, 0.1) is 4.92 Å².